The third kappa shape index (κ3) is 5.73. The molecular formula is C18H27S2. The number of benzene rings is 1. The van der Waals surface area contributed by atoms with Crippen LogP contribution in [0.25, 0.3) is 0 Å². The van der Waals surface area contributed by atoms with Crippen LogP contribution in [0.5, 0.6) is 0 Å². The van der Waals surface area contributed by atoms with Crippen molar-refractivity contribution < 1.29 is 0 Å². The van der Waals surface area contributed by atoms with Gasteiger partial charge in [0.25, 0.3) is 0 Å². The normalized spacial score (nSPS) is 22.9. The highest BCUT2D eigenvalue weighted by Crippen LogP contribution is 2.46. The van der Waals surface area contributed by atoms with Crippen LogP contribution in [0.15, 0.2) is 24.3 Å². The van der Waals surface area contributed by atoms with Crippen molar-refractivity contribution in [2.45, 2.75) is 56.5 Å². The SMILES string of the molecule is CCCCCCCCC1CSC(c2cc[c]cc2)SC1. The number of rotatable bonds is 8. The van der Waals surface area contributed by atoms with Gasteiger partial charge in [-0.3, -0.25) is 0 Å². The van der Waals surface area contributed by atoms with E-state index in [-0.39, 0.29) is 0 Å². The molecule has 1 aliphatic heterocycles. The minimum Gasteiger partial charge on any atom is -0.142 e. The van der Waals surface area contributed by atoms with Crippen molar-refractivity contribution in [2.24, 2.45) is 5.92 Å². The summed E-state index contributed by atoms with van der Waals surface area (Å²) in [5.41, 5.74) is 1.47. The maximum atomic E-state index is 3.11. The standard InChI is InChI=1S/C18H27S2/c1-2-3-4-5-6-8-11-16-14-19-18(20-15-16)17-12-9-7-10-13-17/h9-10,12-13,16,18H,2-6,8,11,14-15H2,1H3. The molecule has 0 saturated carbocycles. The lowest BCUT2D eigenvalue weighted by Crippen LogP contribution is -2.14. The topological polar surface area (TPSA) is 0 Å². The minimum absolute atomic E-state index is 0.658. The Hall–Kier alpha value is -0.0800. The molecule has 1 aromatic carbocycles. The van der Waals surface area contributed by atoms with Crippen molar-refractivity contribution in [1.29, 1.82) is 0 Å². The Kier molecular flexibility index (Phi) is 7.97. The molecule has 0 amide bonds. The first kappa shape index (κ1) is 16.3. The van der Waals surface area contributed by atoms with Crippen molar-refractivity contribution >= 4 is 23.5 Å². The number of unbranched alkanes of at least 4 members (excludes halogenated alkanes) is 5. The zero-order valence-electron chi connectivity index (χ0n) is 12.6. The Bertz CT molecular complexity index is 342. The molecule has 111 valence electrons. The van der Waals surface area contributed by atoms with Gasteiger partial charge in [-0.25, -0.2) is 0 Å². The Labute approximate surface area is 133 Å². The van der Waals surface area contributed by atoms with Crippen molar-refractivity contribution in [2.75, 3.05) is 11.5 Å². The van der Waals surface area contributed by atoms with E-state index in [0.717, 1.165) is 5.92 Å². The number of hydrogen-bond acceptors (Lipinski definition) is 2. The lowest BCUT2D eigenvalue weighted by Gasteiger charge is -2.28. The smallest absolute Gasteiger partial charge is 0.0751 e. The van der Waals surface area contributed by atoms with Crippen LogP contribution in [0.2, 0.25) is 0 Å². The summed E-state index contributed by atoms with van der Waals surface area (Å²) in [6.45, 7) is 2.29. The fraction of sp³-hybridized carbons (Fsp3) is 0.667. The molecule has 1 saturated heterocycles. The van der Waals surface area contributed by atoms with E-state index in [9.17, 15) is 0 Å². The first-order valence-electron chi connectivity index (χ1n) is 8.09. The molecule has 0 nitrogen and oxygen atoms in total. The Balaban J connectivity index is 1.58. The lowest BCUT2D eigenvalue weighted by molar-refractivity contribution is 0.522. The van der Waals surface area contributed by atoms with Crippen molar-refractivity contribution in [3.05, 3.63) is 35.9 Å². The Morgan fingerprint density at radius 2 is 1.65 bits per heavy atom. The van der Waals surface area contributed by atoms with Gasteiger partial charge in [0.2, 0.25) is 0 Å². The minimum atomic E-state index is 0.658. The van der Waals surface area contributed by atoms with Crippen LogP contribution in [-0.4, -0.2) is 11.5 Å². The predicted molar refractivity (Wildman–Crippen MR) is 94.4 cm³/mol. The predicted octanol–water partition coefficient (Wildman–Crippen LogP) is 6.33. The Morgan fingerprint density at radius 3 is 2.35 bits per heavy atom. The zero-order chi connectivity index (χ0) is 14.0. The van der Waals surface area contributed by atoms with Gasteiger partial charge in [0.1, 0.15) is 0 Å². The van der Waals surface area contributed by atoms with Gasteiger partial charge in [-0.1, -0.05) is 69.7 Å². The highest BCUT2D eigenvalue weighted by molar-refractivity contribution is 8.16. The first-order valence-corrected chi connectivity index (χ1v) is 10.2. The fourth-order valence-corrected chi connectivity index (χ4v) is 5.84. The molecule has 0 aromatic heterocycles. The molecule has 1 radical (unpaired) electrons. The van der Waals surface area contributed by atoms with Gasteiger partial charge in [-0.2, -0.15) is 0 Å². The second kappa shape index (κ2) is 9.78. The van der Waals surface area contributed by atoms with E-state index >= 15 is 0 Å². The molecule has 0 atom stereocenters. The third-order valence-corrected chi connectivity index (χ3v) is 7.24. The average Bonchev–Trinajstić information content (AvgIpc) is 2.52. The fourth-order valence-electron chi connectivity index (χ4n) is 2.67. The van der Waals surface area contributed by atoms with Crippen molar-refractivity contribution in [3.8, 4) is 0 Å². The van der Waals surface area contributed by atoms with Crippen molar-refractivity contribution in [1.82, 2.24) is 0 Å². The number of hydrogen-bond donors (Lipinski definition) is 0. The first-order chi connectivity index (χ1) is 9.90. The van der Waals surface area contributed by atoms with E-state index in [0.29, 0.717) is 4.58 Å². The summed E-state index contributed by atoms with van der Waals surface area (Å²) in [4.78, 5) is 0. The molecule has 0 aliphatic carbocycles. The largest absolute Gasteiger partial charge is 0.142 e. The monoisotopic (exact) mass is 307 g/mol. The van der Waals surface area contributed by atoms with Gasteiger partial charge in [-0.05, 0) is 35.5 Å². The molecule has 0 N–H and O–H groups in total. The molecule has 1 fully saturated rings. The zero-order valence-corrected chi connectivity index (χ0v) is 14.3. The highest BCUT2D eigenvalue weighted by Gasteiger charge is 2.22. The summed E-state index contributed by atoms with van der Waals surface area (Å²) in [6, 6.07) is 11.6. The average molecular weight is 308 g/mol. The van der Waals surface area contributed by atoms with E-state index in [1.54, 1.807) is 0 Å². The molecule has 0 unspecified atom stereocenters. The lowest BCUT2D eigenvalue weighted by atomic mass is 10.0. The molecule has 2 heteroatoms. The summed E-state index contributed by atoms with van der Waals surface area (Å²) < 4.78 is 0.658. The van der Waals surface area contributed by atoms with E-state index in [1.807, 2.05) is 12.1 Å². The van der Waals surface area contributed by atoms with Gasteiger partial charge in [0, 0.05) is 0 Å². The molecule has 1 heterocycles. The molecular weight excluding hydrogens is 280 g/mol. The Morgan fingerprint density at radius 1 is 1.00 bits per heavy atom. The summed E-state index contributed by atoms with van der Waals surface area (Å²) >= 11 is 4.29. The maximum Gasteiger partial charge on any atom is 0.0751 e. The molecule has 20 heavy (non-hydrogen) atoms. The molecule has 0 bridgehead atoms. The van der Waals surface area contributed by atoms with Crippen LogP contribution in [0, 0.1) is 12.0 Å². The van der Waals surface area contributed by atoms with Gasteiger partial charge < -0.3 is 0 Å². The van der Waals surface area contributed by atoms with Crippen LogP contribution < -0.4 is 0 Å². The van der Waals surface area contributed by atoms with Crippen LogP contribution >= 0.6 is 23.5 Å². The van der Waals surface area contributed by atoms with Gasteiger partial charge in [0.15, 0.2) is 0 Å². The number of thioether (sulfide) groups is 2. The van der Waals surface area contributed by atoms with Crippen molar-refractivity contribution in [3.63, 3.8) is 0 Å². The van der Waals surface area contributed by atoms with Gasteiger partial charge in [-0.15, -0.1) is 23.5 Å². The second-order valence-corrected chi connectivity index (χ2v) is 8.33. The van der Waals surface area contributed by atoms with Crippen LogP contribution in [0.4, 0.5) is 0 Å². The quantitative estimate of drug-likeness (QED) is 0.514. The molecule has 1 aromatic rings. The second-order valence-electron chi connectivity index (χ2n) is 5.75. The maximum absolute atomic E-state index is 3.11. The highest BCUT2D eigenvalue weighted by atomic mass is 32.2. The van der Waals surface area contributed by atoms with E-state index in [4.69, 9.17) is 0 Å². The summed E-state index contributed by atoms with van der Waals surface area (Å²) in [7, 11) is 0. The van der Waals surface area contributed by atoms with E-state index in [2.05, 4.69) is 48.6 Å². The van der Waals surface area contributed by atoms with Crippen LogP contribution in [0.1, 0.15) is 62.0 Å². The summed E-state index contributed by atoms with van der Waals surface area (Å²) in [6.07, 6.45) is 10.0. The van der Waals surface area contributed by atoms with Crippen LogP contribution in [0.3, 0.4) is 0 Å². The summed E-state index contributed by atoms with van der Waals surface area (Å²) in [5.74, 6) is 3.65. The summed E-state index contributed by atoms with van der Waals surface area (Å²) in [5, 5.41) is 0. The molecule has 2 rings (SSSR count). The van der Waals surface area contributed by atoms with E-state index in [1.165, 1.54) is 62.0 Å². The third-order valence-electron chi connectivity index (χ3n) is 3.95. The van der Waals surface area contributed by atoms with Gasteiger partial charge in [0.05, 0.1) is 4.58 Å². The van der Waals surface area contributed by atoms with Crippen LogP contribution in [-0.2, 0) is 0 Å². The molecule has 1 aliphatic rings. The van der Waals surface area contributed by atoms with E-state index < -0.39 is 0 Å². The molecule has 0 spiro atoms. The van der Waals surface area contributed by atoms with Gasteiger partial charge >= 0.3 is 0 Å².